The number of hydrogen-bond acceptors (Lipinski definition) is 3. The summed E-state index contributed by atoms with van der Waals surface area (Å²) in [7, 11) is 1.55. The lowest BCUT2D eigenvalue weighted by molar-refractivity contribution is -0.112. The molecule has 4 nitrogen and oxygen atoms in total. The van der Waals surface area contributed by atoms with Gasteiger partial charge in [0.15, 0.2) is 0 Å². The number of nitrogens with zero attached hydrogens (tertiary/aromatic N) is 1. The molecule has 0 unspecified atom stereocenters. The second kappa shape index (κ2) is 9.29. The number of hydrogen-bond donors (Lipinski definition) is 1. The van der Waals surface area contributed by atoms with Crippen molar-refractivity contribution in [2.24, 2.45) is 0 Å². The van der Waals surface area contributed by atoms with Crippen LogP contribution in [-0.4, -0.2) is 13.0 Å². The molecule has 2 aromatic rings. The molecule has 0 bridgehead atoms. The zero-order chi connectivity index (χ0) is 18.1. The number of anilines is 1. The quantitative estimate of drug-likeness (QED) is 0.595. The molecular weight excluding hydrogens is 312 g/mol. The van der Waals surface area contributed by atoms with Gasteiger partial charge in [0, 0.05) is 11.3 Å². The van der Waals surface area contributed by atoms with Gasteiger partial charge in [-0.05, 0) is 42.7 Å². The van der Waals surface area contributed by atoms with E-state index in [-0.39, 0.29) is 5.57 Å². The number of amides is 1. The van der Waals surface area contributed by atoms with Crippen molar-refractivity contribution < 1.29 is 9.53 Å². The minimum absolute atomic E-state index is 0.0274. The Morgan fingerprint density at radius 1 is 1.20 bits per heavy atom. The third-order valence-electron chi connectivity index (χ3n) is 3.83. The van der Waals surface area contributed by atoms with Crippen molar-refractivity contribution in [3.05, 3.63) is 65.2 Å². The Bertz CT molecular complexity index is 786. The fourth-order valence-electron chi connectivity index (χ4n) is 2.42. The molecule has 2 rings (SSSR count). The lowest BCUT2D eigenvalue weighted by Gasteiger charge is -2.07. The Hall–Kier alpha value is -3.06. The zero-order valence-corrected chi connectivity index (χ0v) is 14.6. The molecule has 0 heterocycles. The van der Waals surface area contributed by atoms with Crippen LogP contribution in [0.5, 0.6) is 5.75 Å². The number of benzene rings is 2. The number of unbranched alkanes of at least 4 members (excludes halogenated alkanes) is 1. The summed E-state index contributed by atoms with van der Waals surface area (Å²) >= 11 is 0. The summed E-state index contributed by atoms with van der Waals surface area (Å²) in [6, 6.07) is 16.9. The lowest BCUT2D eigenvalue weighted by Crippen LogP contribution is -2.13. The van der Waals surface area contributed by atoms with E-state index in [1.165, 1.54) is 11.6 Å². The molecular formula is C21H22N2O2. The Morgan fingerprint density at radius 3 is 2.56 bits per heavy atom. The zero-order valence-electron chi connectivity index (χ0n) is 14.6. The van der Waals surface area contributed by atoms with Gasteiger partial charge in [-0.15, -0.1) is 0 Å². The maximum absolute atomic E-state index is 12.4. The summed E-state index contributed by atoms with van der Waals surface area (Å²) in [5, 5.41) is 12.1. The molecule has 1 amide bonds. The van der Waals surface area contributed by atoms with Crippen molar-refractivity contribution in [2.45, 2.75) is 26.2 Å². The average molecular weight is 334 g/mol. The highest BCUT2D eigenvalue weighted by Crippen LogP contribution is 2.21. The van der Waals surface area contributed by atoms with Crippen LogP contribution < -0.4 is 10.1 Å². The summed E-state index contributed by atoms with van der Waals surface area (Å²) in [4.78, 5) is 12.4. The number of ether oxygens (including phenoxy) is 1. The van der Waals surface area contributed by atoms with E-state index in [2.05, 4.69) is 12.2 Å². The summed E-state index contributed by atoms with van der Waals surface area (Å²) in [5.41, 5.74) is 2.63. The first kappa shape index (κ1) is 18.3. The standard InChI is InChI=1S/C21H22N2O2/c1-3-4-7-16-10-12-19(13-11-16)23-21(24)18(15-22)14-17-8-5-6-9-20(17)25-2/h5-6,8-14H,3-4,7H2,1-2H3,(H,23,24)/b18-14+. The van der Waals surface area contributed by atoms with Crippen molar-refractivity contribution in [1.82, 2.24) is 0 Å². The molecule has 0 atom stereocenters. The summed E-state index contributed by atoms with van der Waals surface area (Å²) < 4.78 is 5.25. The van der Waals surface area contributed by atoms with Crippen LogP contribution in [0, 0.1) is 11.3 Å². The van der Waals surface area contributed by atoms with Gasteiger partial charge in [-0.3, -0.25) is 4.79 Å². The number of rotatable bonds is 7. The van der Waals surface area contributed by atoms with E-state index in [1.54, 1.807) is 19.2 Å². The van der Waals surface area contributed by atoms with Gasteiger partial charge in [0.25, 0.3) is 5.91 Å². The van der Waals surface area contributed by atoms with E-state index in [0.717, 1.165) is 19.3 Å². The number of para-hydroxylation sites is 1. The first-order chi connectivity index (χ1) is 12.2. The molecule has 0 saturated carbocycles. The van der Waals surface area contributed by atoms with Crippen LogP contribution in [0.15, 0.2) is 54.1 Å². The van der Waals surface area contributed by atoms with Gasteiger partial charge in [-0.1, -0.05) is 43.7 Å². The number of nitrogens with one attached hydrogen (secondary N) is 1. The van der Waals surface area contributed by atoms with Crippen molar-refractivity contribution in [3.8, 4) is 11.8 Å². The maximum Gasteiger partial charge on any atom is 0.266 e. The van der Waals surface area contributed by atoms with Crippen LogP contribution in [0.1, 0.15) is 30.9 Å². The van der Waals surface area contributed by atoms with Crippen LogP contribution in [0.3, 0.4) is 0 Å². The van der Waals surface area contributed by atoms with Gasteiger partial charge in [0.1, 0.15) is 17.4 Å². The molecule has 25 heavy (non-hydrogen) atoms. The highest BCUT2D eigenvalue weighted by Gasteiger charge is 2.11. The van der Waals surface area contributed by atoms with Crippen molar-refractivity contribution in [1.29, 1.82) is 5.26 Å². The third kappa shape index (κ3) is 5.22. The topological polar surface area (TPSA) is 62.1 Å². The van der Waals surface area contributed by atoms with E-state index < -0.39 is 5.91 Å². The minimum Gasteiger partial charge on any atom is -0.496 e. The maximum atomic E-state index is 12.4. The molecule has 0 aliphatic carbocycles. The normalized spacial score (nSPS) is 10.8. The molecule has 0 aromatic heterocycles. The molecule has 0 spiro atoms. The second-order valence-corrected chi connectivity index (χ2v) is 5.67. The molecule has 0 fully saturated rings. The van der Waals surface area contributed by atoms with E-state index in [9.17, 15) is 10.1 Å². The number of carbonyl (C=O) groups is 1. The molecule has 0 radical (unpaired) electrons. The first-order valence-electron chi connectivity index (χ1n) is 8.33. The van der Waals surface area contributed by atoms with E-state index in [0.29, 0.717) is 17.0 Å². The van der Waals surface area contributed by atoms with Gasteiger partial charge in [-0.25, -0.2) is 0 Å². The van der Waals surface area contributed by atoms with Gasteiger partial charge >= 0.3 is 0 Å². The number of carbonyl (C=O) groups excluding carboxylic acids is 1. The van der Waals surface area contributed by atoms with E-state index in [1.807, 2.05) is 42.5 Å². The predicted molar refractivity (Wildman–Crippen MR) is 100 cm³/mol. The molecule has 1 N–H and O–H groups in total. The van der Waals surface area contributed by atoms with Crippen LogP contribution in [0.2, 0.25) is 0 Å². The highest BCUT2D eigenvalue weighted by atomic mass is 16.5. The number of methoxy groups -OCH3 is 1. The average Bonchev–Trinajstić information content (AvgIpc) is 2.65. The SMILES string of the molecule is CCCCc1ccc(NC(=O)/C(C#N)=C/c2ccccc2OC)cc1. The summed E-state index contributed by atoms with van der Waals surface area (Å²) in [6.45, 7) is 2.16. The van der Waals surface area contributed by atoms with Gasteiger partial charge in [0.2, 0.25) is 0 Å². The second-order valence-electron chi connectivity index (χ2n) is 5.67. The Morgan fingerprint density at radius 2 is 1.92 bits per heavy atom. The van der Waals surface area contributed by atoms with Crippen molar-refractivity contribution in [3.63, 3.8) is 0 Å². The molecule has 0 saturated heterocycles. The fourth-order valence-corrected chi connectivity index (χ4v) is 2.42. The van der Waals surface area contributed by atoms with E-state index in [4.69, 9.17) is 4.74 Å². The van der Waals surface area contributed by atoms with Crippen LogP contribution in [0.25, 0.3) is 6.08 Å². The summed E-state index contributed by atoms with van der Waals surface area (Å²) in [6.07, 6.45) is 4.86. The largest absolute Gasteiger partial charge is 0.496 e. The number of nitriles is 1. The third-order valence-corrected chi connectivity index (χ3v) is 3.83. The first-order valence-corrected chi connectivity index (χ1v) is 8.33. The highest BCUT2D eigenvalue weighted by molar-refractivity contribution is 6.09. The predicted octanol–water partition coefficient (Wildman–Crippen LogP) is 4.58. The van der Waals surface area contributed by atoms with Crippen molar-refractivity contribution in [2.75, 3.05) is 12.4 Å². The number of aryl methyl sites for hydroxylation is 1. The molecule has 128 valence electrons. The molecule has 4 heteroatoms. The Kier molecular flexibility index (Phi) is 6.79. The molecule has 2 aromatic carbocycles. The van der Waals surface area contributed by atoms with Crippen LogP contribution in [-0.2, 0) is 11.2 Å². The Labute approximate surface area is 148 Å². The fraction of sp³-hybridized carbons (Fsp3) is 0.238. The van der Waals surface area contributed by atoms with Gasteiger partial charge in [-0.2, -0.15) is 5.26 Å². The molecule has 0 aliphatic heterocycles. The summed E-state index contributed by atoms with van der Waals surface area (Å²) in [5.74, 6) is 0.179. The van der Waals surface area contributed by atoms with Crippen molar-refractivity contribution >= 4 is 17.7 Å². The molecule has 0 aliphatic rings. The van der Waals surface area contributed by atoms with E-state index >= 15 is 0 Å². The lowest BCUT2D eigenvalue weighted by atomic mass is 10.1. The van der Waals surface area contributed by atoms with Gasteiger partial charge < -0.3 is 10.1 Å². The van der Waals surface area contributed by atoms with Gasteiger partial charge in [0.05, 0.1) is 7.11 Å². The monoisotopic (exact) mass is 334 g/mol. The van der Waals surface area contributed by atoms with Crippen LogP contribution >= 0.6 is 0 Å². The smallest absolute Gasteiger partial charge is 0.266 e. The van der Waals surface area contributed by atoms with Crippen LogP contribution in [0.4, 0.5) is 5.69 Å². The Balaban J connectivity index is 2.12. The minimum atomic E-state index is -0.435.